The van der Waals surface area contributed by atoms with Crippen LogP contribution in [0, 0.1) is 0 Å². The number of halogens is 12. The standard InChI is InChI=1S/C20H18F6N2O2.C18H16F6N2O/c1-12(29)27-16-6-7-17-14(10-16)8-9-28(17)11-13-2-4-15(5-3-13)18(30,19(21,22)23)20(24,25)26;19-17(20,21)16(27,18(22,23)24)13-3-1-11(2-4-13)10-26-8-7-12-9-14(25)5-6-15(12)26/h2-7,10,30H,8-9,11H2,1H3,(H,27,29);1-6,9,27H,7-8,10,25H2. The van der Waals surface area contributed by atoms with Crippen LogP contribution in [0.15, 0.2) is 84.9 Å². The number of carbonyl (C=O) groups is 1. The number of aliphatic hydroxyl groups is 2. The van der Waals surface area contributed by atoms with Gasteiger partial charge in [0.25, 0.3) is 11.2 Å². The van der Waals surface area contributed by atoms with Crippen LogP contribution in [-0.2, 0) is 41.9 Å². The SMILES string of the molecule is CC(=O)Nc1ccc2c(c1)CCN2Cc1ccc(C(O)(C(F)(F)F)C(F)(F)F)cc1.Nc1ccc2c(c1)CCN2Cc1ccc(C(O)(C(F)(F)F)C(F)(F)F)cc1. The van der Waals surface area contributed by atoms with Crippen molar-refractivity contribution in [3.8, 4) is 0 Å². The highest BCUT2D eigenvalue weighted by molar-refractivity contribution is 5.89. The van der Waals surface area contributed by atoms with Crippen LogP contribution >= 0.6 is 0 Å². The second-order valence-corrected chi connectivity index (χ2v) is 13.6. The summed E-state index contributed by atoms with van der Waals surface area (Å²) in [5.74, 6) is -0.206. The van der Waals surface area contributed by atoms with Crippen LogP contribution in [0.2, 0.25) is 0 Å². The number of alkyl halides is 12. The lowest BCUT2D eigenvalue weighted by molar-refractivity contribution is -0.376. The van der Waals surface area contributed by atoms with Crippen LogP contribution in [0.25, 0.3) is 0 Å². The molecule has 0 spiro atoms. The maximum Gasteiger partial charge on any atom is 0.430 e. The molecule has 2 heterocycles. The van der Waals surface area contributed by atoms with E-state index in [0.29, 0.717) is 72.8 Å². The van der Waals surface area contributed by atoms with Gasteiger partial charge in [0.15, 0.2) is 0 Å². The molecular weight excluding hydrogens is 788 g/mol. The van der Waals surface area contributed by atoms with E-state index in [1.165, 1.54) is 6.92 Å². The Balaban J connectivity index is 0.000000219. The second kappa shape index (κ2) is 15.3. The van der Waals surface area contributed by atoms with Crippen molar-refractivity contribution >= 4 is 28.7 Å². The molecule has 4 aromatic rings. The average Bonchev–Trinajstić information content (AvgIpc) is 3.69. The van der Waals surface area contributed by atoms with E-state index in [-0.39, 0.29) is 12.5 Å². The van der Waals surface area contributed by atoms with Crippen molar-refractivity contribution in [1.82, 2.24) is 0 Å². The van der Waals surface area contributed by atoms with E-state index in [1.807, 2.05) is 28.0 Å². The van der Waals surface area contributed by atoms with Crippen LogP contribution in [0.4, 0.5) is 75.4 Å². The first-order chi connectivity index (χ1) is 26.3. The number of benzene rings is 4. The first kappa shape index (κ1) is 43.0. The zero-order chi connectivity index (χ0) is 42.4. The van der Waals surface area contributed by atoms with E-state index in [0.717, 1.165) is 53.2 Å². The van der Waals surface area contributed by atoms with Crippen molar-refractivity contribution in [1.29, 1.82) is 0 Å². The fourth-order valence-electron chi connectivity index (χ4n) is 6.69. The number of anilines is 4. The van der Waals surface area contributed by atoms with Crippen LogP contribution in [0.5, 0.6) is 0 Å². The van der Waals surface area contributed by atoms with E-state index >= 15 is 0 Å². The molecule has 7 nitrogen and oxygen atoms in total. The van der Waals surface area contributed by atoms with Gasteiger partial charge < -0.3 is 31.1 Å². The van der Waals surface area contributed by atoms with Gasteiger partial charge in [-0.1, -0.05) is 48.5 Å². The number of fused-ring (bicyclic) bond motifs is 2. The lowest BCUT2D eigenvalue weighted by atomic mass is 9.91. The molecule has 308 valence electrons. The third-order valence-corrected chi connectivity index (χ3v) is 9.62. The zero-order valence-electron chi connectivity index (χ0n) is 29.6. The van der Waals surface area contributed by atoms with E-state index in [9.17, 15) is 67.7 Å². The third-order valence-electron chi connectivity index (χ3n) is 9.62. The molecule has 0 saturated heterocycles. The van der Waals surface area contributed by atoms with Gasteiger partial charge in [0.1, 0.15) is 0 Å². The number of amides is 1. The van der Waals surface area contributed by atoms with Crippen molar-refractivity contribution in [2.45, 2.75) is 68.8 Å². The van der Waals surface area contributed by atoms with Gasteiger partial charge in [0.2, 0.25) is 5.91 Å². The molecule has 0 fully saturated rings. The van der Waals surface area contributed by atoms with Gasteiger partial charge in [-0.25, -0.2) is 0 Å². The molecule has 0 radical (unpaired) electrons. The minimum Gasteiger partial charge on any atom is -0.399 e. The molecule has 1 amide bonds. The number of nitrogens with two attached hydrogens (primary N) is 1. The van der Waals surface area contributed by atoms with E-state index in [4.69, 9.17) is 5.73 Å². The van der Waals surface area contributed by atoms with Crippen molar-refractivity contribution in [2.75, 3.05) is 33.9 Å². The molecule has 2 aliphatic heterocycles. The Morgan fingerprint density at radius 3 is 1.33 bits per heavy atom. The van der Waals surface area contributed by atoms with Gasteiger partial charge in [-0.05, 0) is 71.5 Å². The molecule has 0 unspecified atom stereocenters. The van der Waals surface area contributed by atoms with Crippen LogP contribution < -0.4 is 20.9 Å². The normalized spacial score (nSPS) is 14.9. The summed E-state index contributed by atoms with van der Waals surface area (Å²) in [5.41, 5.74) is -0.566. The lowest BCUT2D eigenvalue weighted by Crippen LogP contribution is -2.53. The van der Waals surface area contributed by atoms with Crippen molar-refractivity contribution in [3.63, 3.8) is 0 Å². The molecule has 4 aromatic carbocycles. The fraction of sp³-hybridized carbons (Fsp3) is 0.342. The summed E-state index contributed by atoms with van der Waals surface area (Å²) >= 11 is 0. The summed E-state index contributed by atoms with van der Waals surface area (Å²) in [7, 11) is 0. The number of nitrogen functional groups attached to an aromatic ring is 1. The van der Waals surface area contributed by atoms with Crippen LogP contribution in [0.3, 0.4) is 0 Å². The highest BCUT2D eigenvalue weighted by atomic mass is 19.4. The number of hydrogen-bond donors (Lipinski definition) is 4. The minimum absolute atomic E-state index is 0.206. The van der Waals surface area contributed by atoms with Gasteiger partial charge in [0, 0.05) is 67.0 Å². The number of nitrogens with one attached hydrogen (secondary N) is 1. The smallest absolute Gasteiger partial charge is 0.399 e. The molecule has 0 aliphatic carbocycles. The molecule has 57 heavy (non-hydrogen) atoms. The first-order valence-electron chi connectivity index (χ1n) is 17.0. The summed E-state index contributed by atoms with van der Waals surface area (Å²) in [5, 5.41) is 21.6. The molecule has 0 saturated carbocycles. The molecule has 0 bridgehead atoms. The number of hydrogen-bond acceptors (Lipinski definition) is 6. The number of rotatable bonds is 7. The summed E-state index contributed by atoms with van der Waals surface area (Å²) in [6.07, 6.45) is -22.2. The van der Waals surface area contributed by atoms with Gasteiger partial charge in [0.05, 0.1) is 0 Å². The Morgan fingerprint density at radius 1 is 0.596 bits per heavy atom. The van der Waals surface area contributed by atoms with E-state index in [2.05, 4.69) is 5.32 Å². The summed E-state index contributed by atoms with van der Waals surface area (Å²) in [4.78, 5) is 15.1. The fourth-order valence-corrected chi connectivity index (χ4v) is 6.69. The van der Waals surface area contributed by atoms with Gasteiger partial charge in [-0.2, -0.15) is 52.7 Å². The maximum atomic E-state index is 13.0. The Morgan fingerprint density at radius 2 is 0.965 bits per heavy atom. The molecule has 6 rings (SSSR count). The molecule has 0 atom stereocenters. The zero-order valence-corrected chi connectivity index (χ0v) is 29.6. The van der Waals surface area contributed by atoms with Gasteiger partial charge >= 0.3 is 24.7 Å². The maximum absolute atomic E-state index is 13.0. The molecule has 19 heteroatoms. The monoisotopic (exact) mass is 822 g/mol. The lowest BCUT2D eigenvalue weighted by Gasteiger charge is -2.32. The van der Waals surface area contributed by atoms with E-state index in [1.54, 1.807) is 18.2 Å². The highest BCUT2D eigenvalue weighted by Gasteiger charge is 2.72. The van der Waals surface area contributed by atoms with Crippen LogP contribution in [0.1, 0.15) is 40.3 Å². The molecule has 0 aromatic heterocycles. The third kappa shape index (κ3) is 8.58. The van der Waals surface area contributed by atoms with E-state index < -0.39 is 47.0 Å². The Bertz CT molecular complexity index is 2030. The van der Waals surface area contributed by atoms with Gasteiger partial charge in [-0.3, -0.25) is 4.79 Å². The molecule has 5 N–H and O–H groups in total. The molecule has 2 aliphatic rings. The number of nitrogens with zero attached hydrogens (tertiary/aromatic N) is 2. The predicted octanol–water partition coefficient (Wildman–Crippen LogP) is 8.66. The average molecular weight is 823 g/mol. The first-order valence-corrected chi connectivity index (χ1v) is 17.0. The van der Waals surface area contributed by atoms with Crippen LogP contribution in [-0.4, -0.2) is 53.9 Å². The summed E-state index contributed by atoms with van der Waals surface area (Å²) in [6.45, 7) is 3.24. The molecular formula is C38H34F12N4O3. The topological polar surface area (TPSA) is 102 Å². The Labute approximate surface area is 317 Å². The van der Waals surface area contributed by atoms with Crippen molar-refractivity contribution < 1.29 is 67.7 Å². The minimum atomic E-state index is -5.91. The quantitative estimate of drug-likeness (QED) is 0.110. The second-order valence-electron chi connectivity index (χ2n) is 13.6. The van der Waals surface area contributed by atoms with Gasteiger partial charge in [-0.15, -0.1) is 0 Å². The highest BCUT2D eigenvalue weighted by Crippen LogP contribution is 2.51. The number of carbonyl (C=O) groups excluding carboxylic acids is 1. The summed E-state index contributed by atoms with van der Waals surface area (Å²) < 4.78 is 155. The summed E-state index contributed by atoms with van der Waals surface area (Å²) in [6, 6.07) is 18.0. The van der Waals surface area contributed by atoms with Crippen molar-refractivity contribution in [2.24, 2.45) is 0 Å². The van der Waals surface area contributed by atoms with Crippen molar-refractivity contribution in [3.05, 3.63) is 118 Å². The Kier molecular flexibility index (Phi) is 11.5. The Hall–Kier alpha value is -5.17. The predicted molar refractivity (Wildman–Crippen MR) is 186 cm³/mol. The largest absolute Gasteiger partial charge is 0.430 e.